The molecule has 2 aromatic carbocycles. The van der Waals surface area contributed by atoms with Crippen LogP contribution < -0.4 is 10.1 Å². The Morgan fingerprint density at radius 2 is 2.06 bits per heavy atom. The van der Waals surface area contributed by atoms with Crippen molar-refractivity contribution in [2.75, 3.05) is 25.5 Å². The van der Waals surface area contributed by atoms with E-state index in [0.717, 1.165) is 47.2 Å². The summed E-state index contributed by atoms with van der Waals surface area (Å²) in [4.78, 5) is 30.4. The van der Waals surface area contributed by atoms with Crippen LogP contribution in [0.25, 0.3) is 10.9 Å². The van der Waals surface area contributed by atoms with E-state index in [-0.39, 0.29) is 24.2 Å². The SMILES string of the molecule is COc1ccc2[nH]cc(CCN3CC(C(=O)Nc4ccc5c(c4)CCC5)CC3=O)c2c1. The topological polar surface area (TPSA) is 74.4 Å². The molecule has 2 aliphatic rings. The van der Waals surface area contributed by atoms with Crippen LogP contribution in [0.5, 0.6) is 5.75 Å². The number of rotatable bonds is 6. The van der Waals surface area contributed by atoms with E-state index in [1.807, 2.05) is 35.4 Å². The number of fused-ring (bicyclic) bond motifs is 2. The van der Waals surface area contributed by atoms with Crippen LogP contribution >= 0.6 is 0 Å². The molecule has 160 valence electrons. The third-order valence-corrected chi connectivity index (χ3v) is 6.58. The second kappa shape index (κ2) is 8.10. The van der Waals surface area contributed by atoms with Gasteiger partial charge in [0.05, 0.1) is 13.0 Å². The van der Waals surface area contributed by atoms with Gasteiger partial charge in [0.15, 0.2) is 0 Å². The Labute approximate surface area is 181 Å². The monoisotopic (exact) mass is 417 g/mol. The van der Waals surface area contributed by atoms with Crippen LogP contribution in [0.15, 0.2) is 42.6 Å². The van der Waals surface area contributed by atoms with Crippen LogP contribution in [0.4, 0.5) is 5.69 Å². The Morgan fingerprint density at radius 1 is 1.19 bits per heavy atom. The Bertz CT molecular complexity index is 1150. The molecule has 0 bridgehead atoms. The summed E-state index contributed by atoms with van der Waals surface area (Å²) in [7, 11) is 1.66. The molecule has 0 spiro atoms. The van der Waals surface area contributed by atoms with Gasteiger partial charge in [-0.15, -0.1) is 0 Å². The summed E-state index contributed by atoms with van der Waals surface area (Å²) < 4.78 is 5.33. The minimum absolute atomic E-state index is 0.0477. The van der Waals surface area contributed by atoms with Gasteiger partial charge in [-0.25, -0.2) is 0 Å². The molecular formula is C25H27N3O3. The number of ether oxygens (including phenoxy) is 1. The van der Waals surface area contributed by atoms with E-state index in [4.69, 9.17) is 4.74 Å². The first-order chi connectivity index (χ1) is 15.1. The van der Waals surface area contributed by atoms with Gasteiger partial charge in [0.1, 0.15) is 5.75 Å². The van der Waals surface area contributed by atoms with Gasteiger partial charge in [-0.2, -0.15) is 0 Å². The van der Waals surface area contributed by atoms with Gasteiger partial charge in [-0.1, -0.05) is 6.07 Å². The maximum atomic E-state index is 12.8. The van der Waals surface area contributed by atoms with E-state index in [1.165, 1.54) is 17.5 Å². The Hall–Kier alpha value is -3.28. The molecule has 1 unspecified atom stereocenters. The molecule has 1 fully saturated rings. The minimum Gasteiger partial charge on any atom is -0.497 e. The summed E-state index contributed by atoms with van der Waals surface area (Å²) in [6.45, 7) is 1.08. The first-order valence-electron chi connectivity index (χ1n) is 10.9. The number of nitrogens with zero attached hydrogens (tertiary/aromatic N) is 1. The number of benzene rings is 2. The molecule has 31 heavy (non-hydrogen) atoms. The molecule has 1 atom stereocenters. The number of carbonyl (C=O) groups is 2. The number of amides is 2. The average Bonchev–Trinajstić information content (AvgIpc) is 3.49. The zero-order chi connectivity index (χ0) is 21.4. The van der Waals surface area contributed by atoms with Gasteiger partial charge >= 0.3 is 0 Å². The van der Waals surface area contributed by atoms with E-state index >= 15 is 0 Å². The molecule has 1 aliphatic carbocycles. The lowest BCUT2D eigenvalue weighted by Crippen LogP contribution is -2.30. The van der Waals surface area contributed by atoms with Crippen LogP contribution in [0, 0.1) is 5.92 Å². The third-order valence-electron chi connectivity index (χ3n) is 6.58. The van der Waals surface area contributed by atoms with E-state index in [2.05, 4.69) is 22.4 Å². The fourth-order valence-corrected chi connectivity index (χ4v) is 4.80. The van der Waals surface area contributed by atoms with Gasteiger partial charge in [0.2, 0.25) is 11.8 Å². The summed E-state index contributed by atoms with van der Waals surface area (Å²) in [5.41, 5.74) is 5.75. The van der Waals surface area contributed by atoms with Crippen LogP contribution in [-0.2, 0) is 28.9 Å². The lowest BCUT2D eigenvalue weighted by Gasteiger charge is -2.16. The third kappa shape index (κ3) is 3.90. The number of hydrogen-bond acceptors (Lipinski definition) is 3. The maximum absolute atomic E-state index is 12.8. The molecule has 3 aromatic rings. The number of hydrogen-bond donors (Lipinski definition) is 2. The fraction of sp³-hybridized carbons (Fsp3) is 0.360. The average molecular weight is 418 g/mol. The van der Waals surface area contributed by atoms with Crippen molar-refractivity contribution in [3.8, 4) is 5.75 Å². The van der Waals surface area contributed by atoms with Crippen molar-refractivity contribution in [3.05, 3.63) is 59.3 Å². The van der Waals surface area contributed by atoms with Crippen LogP contribution in [0.2, 0.25) is 0 Å². The van der Waals surface area contributed by atoms with E-state index in [0.29, 0.717) is 13.1 Å². The second-order valence-electron chi connectivity index (χ2n) is 8.54. The van der Waals surface area contributed by atoms with Crippen molar-refractivity contribution in [3.63, 3.8) is 0 Å². The lowest BCUT2D eigenvalue weighted by molar-refractivity contribution is -0.128. The van der Waals surface area contributed by atoms with Crippen LogP contribution in [-0.4, -0.2) is 41.9 Å². The Morgan fingerprint density at radius 3 is 2.94 bits per heavy atom. The number of anilines is 1. The summed E-state index contributed by atoms with van der Waals surface area (Å²) >= 11 is 0. The zero-order valence-electron chi connectivity index (χ0n) is 17.7. The number of methoxy groups -OCH3 is 1. The normalized spacial score (nSPS) is 17.9. The molecule has 6 nitrogen and oxygen atoms in total. The highest BCUT2D eigenvalue weighted by Gasteiger charge is 2.34. The molecule has 2 N–H and O–H groups in total. The number of nitrogens with one attached hydrogen (secondary N) is 2. The zero-order valence-corrected chi connectivity index (χ0v) is 17.7. The molecule has 1 saturated heterocycles. The van der Waals surface area contributed by atoms with E-state index < -0.39 is 0 Å². The Balaban J connectivity index is 1.21. The summed E-state index contributed by atoms with van der Waals surface area (Å²) in [5.74, 6) is 0.495. The lowest BCUT2D eigenvalue weighted by atomic mass is 10.1. The van der Waals surface area contributed by atoms with Gasteiger partial charge in [0, 0.05) is 42.3 Å². The molecule has 0 radical (unpaired) electrons. The molecular weight excluding hydrogens is 390 g/mol. The van der Waals surface area contributed by atoms with Crippen LogP contribution in [0.1, 0.15) is 29.5 Å². The molecule has 2 heterocycles. The van der Waals surface area contributed by atoms with Gasteiger partial charge in [-0.3, -0.25) is 9.59 Å². The van der Waals surface area contributed by atoms with E-state index in [9.17, 15) is 9.59 Å². The smallest absolute Gasteiger partial charge is 0.229 e. The molecule has 1 aromatic heterocycles. The Kier molecular flexibility index (Phi) is 5.14. The summed E-state index contributed by atoms with van der Waals surface area (Å²) in [5, 5.41) is 4.13. The van der Waals surface area contributed by atoms with Crippen molar-refractivity contribution in [2.24, 2.45) is 5.92 Å². The number of aromatic nitrogens is 1. The predicted molar refractivity (Wildman–Crippen MR) is 120 cm³/mol. The summed E-state index contributed by atoms with van der Waals surface area (Å²) in [6, 6.07) is 12.1. The first-order valence-corrected chi connectivity index (χ1v) is 10.9. The molecule has 1 aliphatic heterocycles. The van der Waals surface area contributed by atoms with Crippen molar-refractivity contribution in [2.45, 2.75) is 32.1 Å². The van der Waals surface area contributed by atoms with Gasteiger partial charge in [-0.05, 0) is 72.7 Å². The number of H-pyrrole nitrogens is 1. The van der Waals surface area contributed by atoms with E-state index in [1.54, 1.807) is 7.11 Å². The summed E-state index contributed by atoms with van der Waals surface area (Å²) in [6.07, 6.45) is 6.38. The highest BCUT2D eigenvalue weighted by atomic mass is 16.5. The second-order valence-corrected chi connectivity index (χ2v) is 8.54. The van der Waals surface area contributed by atoms with Crippen LogP contribution in [0.3, 0.4) is 0 Å². The number of likely N-dealkylation sites (tertiary alicyclic amines) is 1. The van der Waals surface area contributed by atoms with Crippen molar-refractivity contribution in [1.29, 1.82) is 0 Å². The van der Waals surface area contributed by atoms with Crippen molar-refractivity contribution >= 4 is 28.4 Å². The molecule has 5 rings (SSSR count). The van der Waals surface area contributed by atoms with Gasteiger partial charge in [0.25, 0.3) is 0 Å². The van der Waals surface area contributed by atoms with Crippen molar-refractivity contribution in [1.82, 2.24) is 9.88 Å². The molecule has 6 heteroatoms. The largest absolute Gasteiger partial charge is 0.497 e. The predicted octanol–water partition coefficient (Wildman–Crippen LogP) is 3.69. The minimum atomic E-state index is -0.302. The number of aryl methyl sites for hydroxylation is 2. The van der Waals surface area contributed by atoms with Gasteiger partial charge < -0.3 is 19.9 Å². The number of carbonyl (C=O) groups excluding carboxylic acids is 2. The molecule has 2 amide bonds. The fourth-order valence-electron chi connectivity index (χ4n) is 4.80. The molecule has 0 saturated carbocycles. The standard InChI is InChI=1S/C25H27N3O3/c1-31-21-7-8-23-22(13-21)18(14-26-23)9-10-28-15-19(12-24(28)29)25(30)27-20-6-5-16-3-2-4-17(16)11-20/h5-8,11,13-14,19,26H,2-4,9-10,12,15H2,1H3,(H,27,30). The van der Waals surface area contributed by atoms with Crippen molar-refractivity contribution < 1.29 is 14.3 Å². The highest BCUT2D eigenvalue weighted by molar-refractivity contribution is 5.97. The first kappa shape index (κ1) is 19.7. The highest BCUT2D eigenvalue weighted by Crippen LogP contribution is 2.27. The number of aromatic amines is 1. The maximum Gasteiger partial charge on any atom is 0.229 e. The quantitative estimate of drug-likeness (QED) is 0.642.